The van der Waals surface area contributed by atoms with Crippen molar-refractivity contribution >= 4 is 27.0 Å². The fourth-order valence-corrected chi connectivity index (χ4v) is 2.64. The lowest BCUT2D eigenvalue weighted by Crippen LogP contribution is -2.21. The van der Waals surface area contributed by atoms with Gasteiger partial charge in [0.2, 0.25) is 0 Å². The minimum absolute atomic E-state index is 0.0370. The van der Waals surface area contributed by atoms with Crippen LogP contribution < -0.4 is 5.69 Å². The number of H-pyrrole nitrogens is 1. The highest BCUT2D eigenvalue weighted by atomic mass is 79.9. The van der Waals surface area contributed by atoms with Crippen molar-refractivity contribution in [1.29, 1.82) is 0 Å². The Hall–Kier alpha value is -1.07. The predicted octanol–water partition coefficient (Wildman–Crippen LogP) is 2.13. The highest BCUT2D eigenvalue weighted by Gasteiger charge is 2.18. The van der Waals surface area contributed by atoms with Crippen LogP contribution in [0.5, 0.6) is 0 Å². The topological polar surface area (TPSA) is 47.0 Å². The second kappa shape index (κ2) is 4.31. The number of rotatable bonds is 2. The number of aromatic nitrogens is 2. The fourth-order valence-electron chi connectivity index (χ4n) is 2.29. The third-order valence-electron chi connectivity index (χ3n) is 3.20. The predicted molar refractivity (Wildman–Crippen MR) is 69.2 cm³/mol. The van der Waals surface area contributed by atoms with E-state index in [1.165, 1.54) is 0 Å². The van der Waals surface area contributed by atoms with Gasteiger partial charge in [0.1, 0.15) is 0 Å². The second-order valence-electron chi connectivity index (χ2n) is 4.43. The van der Waals surface area contributed by atoms with E-state index in [-0.39, 0.29) is 5.69 Å². The average Bonchev–Trinajstić information content (AvgIpc) is 2.90. The van der Waals surface area contributed by atoms with Crippen LogP contribution >= 0.6 is 15.9 Å². The third kappa shape index (κ3) is 2.05. The molecule has 1 aromatic carbocycles. The number of ether oxygens (including phenoxy) is 1. The van der Waals surface area contributed by atoms with Crippen LogP contribution in [0, 0.1) is 5.92 Å². The molecule has 0 bridgehead atoms. The zero-order valence-electron chi connectivity index (χ0n) is 9.28. The molecule has 0 saturated carbocycles. The molecular formula is C12H13BrN2O2. The molecule has 1 unspecified atom stereocenters. The molecule has 1 aliphatic rings. The summed E-state index contributed by atoms with van der Waals surface area (Å²) in [6.45, 7) is 2.30. The molecule has 1 fully saturated rings. The van der Waals surface area contributed by atoms with E-state index >= 15 is 0 Å². The summed E-state index contributed by atoms with van der Waals surface area (Å²) in [6, 6.07) is 5.83. The Bertz CT molecular complexity index is 596. The molecule has 0 radical (unpaired) electrons. The van der Waals surface area contributed by atoms with Crippen LogP contribution in [0.4, 0.5) is 0 Å². The summed E-state index contributed by atoms with van der Waals surface area (Å²) in [5.41, 5.74) is 1.80. The molecule has 2 aromatic rings. The average molecular weight is 297 g/mol. The van der Waals surface area contributed by atoms with Gasteiger partial charge >= 0.3 is 5.69 Å². The Morgan fingerprint density at radius 1 is 1.53 bits per heavy atom. The summed E-state index contributed by atoms with van der Waals surface area (Å²) in [6.07, 6.45) is 1.03. The molecule has 17 heavy (non-hydrogen) atoms. The first kappa shape index (κ1) is 11.0. The molecule has 3 rings (SSSR count). The lowest BCUT2D eigenvalue weighted by molar-refractivity contribution is 0.182. The minimum atomic E-state index is -0.0370. The number of hydrogen-bond donors (Lipinski definition) is 1. The van der Waals surface area contributed by atoms with Crippen molar-refractivity contribution < 1.29 is 4.74 Å². The van der Waals surface area contributed by atoms with Gasteiger partial charge in [-0.15, -0.1) is 0 Å². The van der Waals surface area contributed by atoms with E-state index in [9.17, 15) is 4.79 Å². The minimum Gasteiger partial charge on any atom is -0.381 e. The van der Waals surface area contributed by atoms with E-state index in [1.54, 1.807) is 4.57 Å². The summed E-state index contributed by atoms with van der Waals surface area (Å²) >= 11 is 3.43. The lowest BCUT2D eigenvalue weighted by Gasteiger charge is -2.08. The first-order chi connectivity index (χ1) is 8.24. The smallest absolute Gasteiger partial charge is 0.326 e. The Balaban J connectivity index is 2.04. The zero-order chi connectivity index (χ0) is 11.8. The Morgan fingerprint density at radius 2 is 2.41 bits per heavy atom. The van der Waals surface area contributed by atoms with Gasteiger partial charge in [0, 0.05) is 23.5 Å². The first-order valence-electron chi connectivity index (χ1n) is 5.70. The summed E-state index contributed by atoms with van der Waals surface area (Å²) in [7, 11) is 0. The maximum atomic E-state index is 11.9. The molecular weight excluding hydrogens is 284 g/mol. The van der Waals surface area contributed by atoms with E-state index < -0.39 is 0 Å². The van der Waals surface area contributed by atoms with Crippen molar-refractivity contribution in [2.45, 2.75) is 13.0 Å². The molecule has 1 saturated heterocycles. The number of aromatic amines is 1. The zero-order valence-corrected chi connectivity index (χ0v) is 10.9. The molecule has 0 spiro atoms. The van der Waals surface area contributed by atoms with Crippen molar-refractivity contribution in [2.24, 2.45) is 5.92 Å². The van der Waals surface area contributed by atoms with Gasteiger partial charge in [-0.1, -0.05) is 15.9 Å². The van der Waals surface area contributed by atoms with Crippen LogP contribution in [0.15, 0.2) is 27.5 Å². The van der Waals surface area contributed by atoms with Crippen LogP contribution in [0.25, 0.3) is 11.0 Å². The van der Waals surface area contributed by atoms with Crippen molar-refractivity contribution in [3.05, 3.63) is 33.2 Å². The summed E-state index contributed by atoms with van der Waals surface area (Å²) in [5.74, 6) is 0.450. The van der Waals surface area contributed by atoms with Crippen LogP contribution in [-0.4, -0.2) is 22.8 Å². The fraction of sp³-hybridized carbons (Fsp3) is 0.417. The van der Waals surface area contributed by atoms with Gasteiger partial charge in [-0.05, 0) is 24.6 Å². The monoisotopic (exact) mass is 296 g/mol. The van der Waals surface area contributed by atoms with Gasteiger partial charge in [0.25, 0.3) is 0 Å². The van der Waals surface area contributed by atoms with Crippen molar-refractivity contribution in [2.75, 3.05) is 13.2 Å². The van der Waals surface area contributed by atoms with Crippen LogP contribution in [0.1, 0.15) is 6.42 Å². The Morgan fingerprint density at radius 3 is 3.18 bits per heavy atom. The van der Waals surface area contributed by atoms with Crippen molar-refractivity contribution in [3.8, 4) is 0 Å². The molecule has 1 aromatic heterocycles. The van der Waals surface area contributed by atoms with E-state index in [4.69, 9.17) is 4.74 Å². The third-order valence-corrected chi connectivity index (χ3v) is 3.70. The van der Waals surface area contributed by atoms with Gasteiger partial charge in [0.05, 0.1) is 17.6 Å². The Labute approximate surface area is 107 Å². The molecule has 4 nitrogen and oxygen atoms in total. The van der Waals surface area contributed by atoms with E-state index in [2.05, 4.69) is 20.9 Å². The van der Waals surface area contributed by atoms with E-state index in [0.29, 0.717) is 5.92 Å². The SMILES string of the molecule is O=c1[nH]c2ccc(Br)cc2n1CC1CCOC1. The molecule has 0 amide bonds. The van der Waals surface area contributed by atoms with Gasteiger partial charge in [0.15, 0.2) is 0 Å². The highest BCUT2D eigenvalue weighted by Crippen LogP contribution is 2.20. The molecule has 2 heterocycles. The number of hydrogen-bond acceptors (Lipinski definition) is 2. The summed E-state index contributed by atoms with van der Waals surface area (Å²) in [4.78, 5) is 14.8. The van der Waals surface area contributed by atoms with E-state index in [0.717, 1.165) is 41.7 Å². The summed E-state index contributed by atoms with van der Waals surface area (Å²) < 4.78 is 8.14. The first-order valence-corrected chi connectivity index (χ1v) is 6.49. The lowest BCUT2D eigenvalue weighted by atomic mass is 10.1. The highest BCUT2D eigenvalue weighted by molar-refractivity contribution is 9.10. The van der Waals surface area contributed by atoms with Crippen molar-refractivity contribution in [3.63, 3.8) is 0 Å². The number of imidazole rings is 1. The maximum absolute atomic E-state index is 11.9. The van der Waals surface area contributed by atoms with Crippen molar-refractivity contribution in [1.82, 2.24) is 9.55 Å². The molecule has 5 heteroatoms. The molecule has 1 aliphatic heterocycles. The maximum Gasteiger partial charge on any atom is 0.326 e. The Kier molecular flexibility index (Phi) is 2.80. The normalized spacial score (nSPS) is 20.2. The number of benzene rings is 1. The van der Waals surface area contributed by atoms with Gasteiger partial charge < -0.3 is 9.72 Å². The standard InChI is InChI=1S/C12H13BrN2O2/c13-9-1-2-10-11(5-9)15(12(16)14-10)6-8-3-4-17-7-8/h1-2,5,8H,3-4,6-7H2,(H,14,16). The van der Waals surface area contributed by atoms with Gasteiger partial charge in [-0.25, -0.2) is 4.79 Å². The quantitative estimate of drug-likeness (QED) is 0.923. The molecule has 1 atom stereocenters. The molecule has 90 valence electrons. The molecule has 1 N–H and O–H groups in total. The van der Waals surface area contributed by atoms with Crippen LogP contribution in [0.2, 0.25) is 0 Å². The number of fused-ring (bicyclic) bond motifs is 1. The second-order valence-corrected chi connectivity index (χ2v) is 5.35. The van der Waals surface area contributed by atoms with Gasteiger partial charge in [-0.3, -0.25) is 4.57 Å². The van der Waals surface area contributed by atoms with Gasteiger partial charge in [-0.2, -0.15) is 0 Å². The number of halogens is 1. The number of nitrogens with one attached hydrogen (secondary N) is 1. The largest absolute Gasteiger partial charge is 0.381 e. The summed E-state index contributed by atoms with van der Waals surface area (Å²) in [5, 5.41) is 0. The molecule has 0 aliphatic carbocycles. The number of nitrogens with zero attached hydrogens (tertiary/aromatic N) is 1. The van der Waals surface area contributed by atoms with Crippen LogP contribution in [-0.2, 0) is 11.3 Å². The van der Waals surface area contributed by atoms with Crippen LogP contribution in [0.3, 0.4) is 0 Å². The van der Waals surface area contributed by atoms with E-state index in [1.807, 2.05) is 18.2 Å².